The third-order valence-electron chi connectivity index (χ3n) is 3.21. The quantitative estimate of drug-likeness (QED) is 0.547. The predicted molar refractivity (Wildman–Crippen MR) is 70.4 cm³/mol. The van der Waals surface area contributed by atoms with Crippen LogP contribution in [-0.2, 0) is 0 Å². The van der Waals surface area contributed by atoms with Crippen molar-refractivity contribution < 1.29 is 0 Å². The van der Waals surface area contributed by atoms with Gasteiger partial charge in [-0.25, -0.2) is 0 Å². The fraction of sp³-hybridized carbons (Fsp3) is 0.857. The zero-order valence-electron chi connectivity index (χ0n) is 10.8. The Kier molecular flexibility index (Phi) is 6.52. The molecule has 92 valence electrons. The van der Waals surface area contributed by atoms with Crippen LogP contribution in [-0.4, -0.2) is 37.1 Å². The van der Waals surface area contributed by atoms with Gasteiger partial charge in [0.25, 0.3) is 0 Å². The Bertz CT molecular complexity index is 217. The summed E-state index contributed by atoms with van der Waals surface area (Å²) in [6, 6.07) is 0.608. The van der Waals surface area contributed by atoms with Crippen LogP contribution in [0.15, 0.2) is 0 Å². The van der Waals surface area contributed by atoms with E-state index in [2.05, 4.69) is 30.0 Å². The molecule has 1 unspecified atom stereocenters. The molecular formula is C14H26N2. The zero-order valence-corrected chi connectivity index (χ0v) is 10.8. The molecule has 1 aliphatic heterocycles. The summed E-state index contributed by atoms with van der Waals surface area (Å²) in [5.41, 5.74) is 0. The standard InChI is InChI=1S/C14H26N2/c1-4-5-6-9-16-10-7-8-14(12-16)11-15-13(2)3/h1,13-15H,5-12H2,2-3H3. The minimum Gasteiger partial charge on any atom is -0.314 e. The third kappa shape index (κ3) is 5.53. The van der Waals surface area contributed by atoms with Crippen molar-refractivity contribution in [2.75, 3.05) is 26.2 Å². The molecule has 1 saturated heterocycles. The second-order valence-electron chi connectivity index (χ2n) is 5.18. The third-order valence-corrected chi connectivity index (χ3v) is 3.21. The molecule has 2 heteroatoms. The molecule has 0 aromatic heterocycles. The fourth-order valence-corrected chi connectivity index (χ4v) is 2.33. The number of hydrogen-bond acceptors (Lipinski definition) is 2. The first-order valence-corrected chi connectivity index (χ1v) is 6.61. The van der Waals surface area contributed by atoms with Crippen LogP contribution in [0.4, 0.5) is 0 Å². The summed E-state index contributed by atoms with van der Waals surface area (Å²) in [5, 5.41) is 3.54. The summed E-state index contributed by atoms with van der Waals surface area (Å²) < 4.78 is 0. The molecule has 0 radical (unpaired) electrons. The molecular weight excluding hydrogens is 196 g/mol. The summed E-state index contributed by atoms with van der Waals surface area (Å²) in [6.45, 7) is 9.31. The highest BCUT2D eigenvalue weighted by molar-refractivity contribution is 4.84. The molecule has 1 atom stereocenters. The molecule has 0 spiro atoms. The predicted octanol–water partition coefficient (Wildman–Crippen LogP) is 2.11. The summed E-state index contributed by atoms with van der Waals surface area (Å²) in [6.07, 6.45) is 10.1. The van der Waals surface area contributed by atoms with Crippen LogP contribution in [0.5, 0.6) is 0 Å². The second-order valence-corrected chi connectivity index (χ2v) is 5.18. The van der Waals surface area contributed by atoms with E-state index in [9.17, 15) is 0 Å². The number of unbranched alkanes of at least 4 members (excludes halogenated alkanes) is 1. The maximum atomic E-state index is 5.27. The molecule has 0 amide bonds. The molecule has 2 nitrogen and oxygen atoms in total. The number of nitrogens with zero attached hydrogens (tertiary/aromatic N) is 1. The highest BCUT2D eigenvalue weighted by atomic mass is 15.1. The lowest BCUT2D eigenvalue weighted by Gasteiger charge is -2.33. The molecule has 1 fully saturated rings. The monoisotopic (exact) mass is 222 g/mol. The van der Waals surface area contributed by atoms with Crippen LogP contribution in [0.2, 0.25) is 0 Å². The van der Waals surface area contributed by atoms with Crippen LogP contribution in [0.3, 0.4) is 0 Å². The lowest BCUT2D eigenvalue weighted by Crippen LogP contribution is -2.41. The smallest absolute Gasteiger partial charge is 0.00982 e. The molecule has 0 aliphatic carbocycles. The van der Waals surface area contributed by atoms with Crippen molar-refractivity contribution in [2.24, 2.45) is 5.92 Å². The van der Waals surface area contributed by atoms with Crippen molar-refractivity contribution in [3.05, 3.63) is 0 Å². The average molecular weight is 222 g/mol. The number of piperidine rings is 1. The van der Waals surface area contributed by atoms with E-state index in [1.807, 2.05) is 0 Å². The van der Waals surface area contributed by atoms with Gasteiger partial charge in [0.1, 0.15) is 0 Å². The Hall–Kier alpha value is -0.520. The fourth-order valence-electron chi connectivity index (χ4n) is 2.33. The van der Waals surface area contributed by atoms with Gasteiger partial charge in [-0.05, 0) is 44.8 Å². The van der Waals surface area contributed by atoms with Gasteiger partial charge in [0.15, 0.2) is 0 Å². The molecule has 0 aromatic carbocycles. The average Bonchev–Trinajstić information content (AvgIpc) is 2.27. The van der Waals surface area contributed by atoms with Gasteiger partial charge in [-0.2, -0.15) is 0 Å². The van der Waals surface area contributed by atoms with E-state index in [0.717, 1.165) is 18.8 Å². The number of hydrogen-bond donors (Lipinski definition) is 1. The van der Waals surface area contributed by atoms with Gasteiger partial charge in [-0.1, -0.05) is 13.8 Å². The first kappa shape index (κ1) is 13.5. The van der Waals surface area contributed by atoms with Crippen LogP contribution >= 0.6 is 0 Å². The Morgan fingerprint density at radius 3 is 3.00 bits per heavy atom. The van der Waals surface area contributed by atoms with Crippen LogP contribution in [0.25, 0.3) is 0 Å². The topological polar surface area (TPSA) is 15.3 Å². The van der Waals surface area contributed by atoms with E-state index in [0.29, 0.717) is 6.04 Å². The summed E-state index contributed by atoms with van der Waals surface area (Å²) in [7, 11) is 0. The van der Waals surface area contributed by atoms with Gasteiger partial charge in [-0.15, -0.1) is 12.3 Å². The maximum Gasteiger partial charge on any atom is 0.00982 e. The summed E-state index contributed by atoms with van der Waals surface area (Å²) in [4.78, 5) is 2.58. The maximum absolute atomic E-state index is 5.27. The van der Waals surface area contributed by atoms with E-state index >= 15 is 0 Å². The van der Waals surface area contributed by atoms with Gasteiger partial charge in [0.05, 0.1) is 0 Å². The van der Waals surface area contributed by atoms with Crippen LogP contribution in [0, 0.1) is 18.3 Å². The minimum atomic E-state index is 0.608. The number of terminal acetylenes is 1. The second kappa shape index (κ2) is 7.70. The lowest BCUT2D eigenvalue weighted by molar-refractivity contribution is 0.170. The minimum absolute atomic E-state index is 0.608. The first-order chi connectivity index (χ1) is 7.72. The van der Waals surface area contributed by atoms with E-state index in [-0.39, 0.29) is 0 Å². The van der Waals surface area contributed by atoms with E-state index in [1.54, 1.807) is 0 Å². The van der Waals surface area contributed by atoms with E-state index in [1.165, 1.54) is 39.0 Å². The highest BCUT2D eigenvalue weighted by Gasteiger charge is 2.19. The molecule has 0 aromatic rings. The molecule has 1 heterocycles. The SMILES string of the molecule is C#CCCCN1CCCC(CNC(C)C)C1. The lowest BCUT2D eigenvalue weighted by atomic mass is 9.97. The summed E-state index contributed by atoms with van der Waals surface area (Å²) in [5.74, 6) is 3.55. The largest absolute Gasteiger partial charge is 0.314 e. The Morgan fingerprint density at radius 1 is 1.50 bits per heavy atom. The van der Waals surface area contributed by atoms with Gasteiger partial charge >= 0.3 is 0 Å². The molecule has 1 N–H and O–H groups in total. The van der Waals surface area contributed by atoms with Crippen molar-refractivity contribution >= 4 is 0 Å². The Balaban J connectivity index is 2.17. The normalized spacial score (nSPS) is 22.2. The van der Waals surface area contributed by atoms with Crippen molar-refractivity contribution in [2.45, 2.75) is 45.6 Å². The van der Waals surface area contributed by atoms with Gasteiger partial charge in [0, 0.05) is 19.0 Å². The van der Waals surface area contributed by atoms with E-state index in [4.69, 9.17) is 6.42 Å². The number of rotatable bonds is 6. The summed E-state index contributed by atoms with van der Waals surface area (Å²) >= 11 is 0. The molecule has 1 rings (SSSR count). The van der Waals surface area contributed by atoms with Gasteiger partial charge in [-0.3, -0.25) is 0 Å². The van der Waals surface area contributed by atoms with E-state index < -0.39 is 0 Å². The first-order valence-electron chi connectivity index (χ1n) is 6.61. The Morgan fingerprint density at radius 2 is 2.31 bits per heavy atom. The van der Waals surface area contributed by atoms with Crippen LogP contribution < -0.4 is 5.32 Å². The van der Waals surface area contributed by atoms with Crippen molar-refractivity contribution in [1.82, 2.24) is 10.2 Å². The molecule has 1 aliphatic rings. The number of likely N-dealkylation sites (tertiary alicyclic amines) is 1. The number of nitrogens with one attached hydrogen (secondary N) is 1. The highest BCUT2D eigenvalue weighted by Crippen LogP contribution is 2.16. The van der Waals surface area contributed by atoms with Gasteiger partial charge < -0.3 is 10.2 Å². The van der Waals surface area contributed by atoms with Crippen molar-refractivity contribution in [1.29, 1.82) is 0 Å². The van der Waals surface area contributed by atoms with Crippen LogP contribution in [0.1, 0.15) is 39.5 Å². The van der Waals surface area contributed by atoms with Crippen molar-refractivity contribution in [3.63, 3.8) is 0 Å². The van der Waals surface area contributed by atoms with Crippen molar-refractivity contribution in [3.8, 4) is 12.3 Å². The molecule has 0 saturated carbocycles. The van der Waals surface area contributed by atoms with Gasteiger partial charge in [0.2, 0.25) is 0 Å². The Labute approximate surface area is 101 Å². The molecule has 0 bridgehead atoms. The molecule has 16 heavy (non-hydrogen) atoms. The zero-order chi connectivity index (χ0) is 11.8.